The molecule has 0 saturated carbocycles. The minimum absolute atomic E-state index is 0.0676. The number of benzene rings is 2. The summed E-state index contributed by atoms with van der Waals surface area (Å²) in [5.41, 5.74) is 2.69. The summed E-state index contributed by atoms with van der Waals surface area (Å²) in [4.78, 5) is 15.0. The Hall–Kier alpha value is -2.66. The van der Waals surface area contributed by atoms with Crippen LogP contribution in [-0.2, 0) is 23.1 Å². The number of carbonyl (C=O) groups is 1. The first-order chi connectivity index (χ1) is 14.9. The molecule has 31 heavy (non-hydrogen) atoms. The Morgan fingerprint density at radius 3 is 2.45 bits per heavy atom. The molecule has 0 spiro atoms. The Labute approximate surface area is 185 Å². The summed E-state index contributed by atoms with van der Waals surface area (Å²) < 4.78 is 26.4. The van der Waals surface area contributed by atoms with E-state index < -0.39 is 10.0 Å². The first-order valence-electron chi connectivity index (χ1n) is 10.5. The summed E-state index contributed by atoms with van der Waals surface area (Å²) in [6, 6.07) is 14.1. The average molecular weight is 440 g/mol. The van der Waals surface area contributed by atoms with Gasteiger partial charge in [-0.1, -0.05) is 37.1 Å². The number of likely N-dealkylation sites (tertiary alicyclic amines) is 1. The molecule has 1 atom stereocenters. The predicted molar refractivity (Wildman–Crippen MR) is 122 cm³/mol. The second-order valence-corrected chi connectivity index (χ2v) is 9.80. The quantitative estimate of drug-likeness (QED) is 0.620. The summed E-state index contributed by atoms with van der Waals surface area (Å²) in [5.74, 6) is 2.73. The normalized spacial score (nSPS) is 17.1. The molecule has 2 aromatic carbocycles. The van der Waals surface area contributed by atoms with Crippen LogP contribution in [0, 0.1) is 18.3 Å². The number of hydrogen-bond acceptors (Lipinski definition) is 4. The molecule has 164 valence electrons. The smallest absolute Gasteiger partial charge is 0.251 e. The fraction of sp³-hybridized carbons (Fsp3) is 0.375. The number of sulfonamides is 1. The van der Waals surface area contributed by atoms with Crippen LogP contribution in [0.1, 0.15) is 41.3 Å². The molecule has 2 aromatic rings. The molecule has 6 nitrogen and oxygen atoms in total. The highest BCUT2D eigenvalue weighted by molar-refractivity contribution is 7.89. The van der Waals surface area contributed by atoms with E-state index in [1.165, 1.54) is 42.7 Å². The molecule has 0 aromatic heterocycles. The summed E-state index contributed by atoms with van der Waals surface area (Å²) in [6.07, 6.45) is 7.66. The molecule has 1 aliphatic heterocycles. The number of rotatable bonds is 8. The van der Waals surface area contributed by atoms with Gasteiger partial charge in [0.15, 0.2) is 0 Å². The Morgan fingerprint density at radius 2 is 1.81 bits per heavy atom. The molecule has 1 saturated heterocycles. The summed E-state index contributed by atoms with van der Waals surface area (Å²) in [7, 11) is -3.67. The minimum Gasteiger partial charge on any atom is -0.348 e. The highest BCUT2D eigenvalue weighted by Crippen LogP contribution is 2.18. The second kappa shape index (κ2) is 10.6. The Morgan fingerprint density at radius 1 is 1.13 bits per heavy atom. The molecule has 7 heteroatoms. The van der Waals surface area contributed by atoms with Crippen LogP contribution in [0.3, 0.4) is 0 Å². The van der Waals surface area contributed by atoms with Gasteiger partial charge in [0.1, 0.15) is 0 Å². The maximum atomic E-state index is 12.4. The lowest BCUT2D eigenvalue weighted by atomic mass is 9.99. The largest absolute Gasteiger partial charge is 0.348 e. The van der Waals surface area contributed by atoms with Gasteiger partial charge in [0, 0.05) is 25.2 Å². The number of amides is 1. The van der Waals surface area contributed by atoms with Gasteiger partial charge < -0.3 is 5.32 Å². The van der Waals surface area contributed by atoms with E-state index in [1.54, 1.807) is 0 Å². The van der Waals surface area contributed by atoms with Crippen LogP contribution in [0.15, 0.2) is 53.4 Å². The van der Waals surface area contributed by atoms with Crippen molar-refractivity contribution in [3.05, 3.63) is 65.2 Å². The Bertz CT molecular complexity index is 1030. The van der Waals surface area contributed by atoms with E-state index in [4.69, 9.17) is 6.42 Å². The number of carbonyl (C=O) groups excluding carboxylic acids is 1. The van der Waals surface area contributed by atoms with Crippen LogP contribution in [0.4, 0.5) is 0 Å². The van der Waals surface area contributed by atoms with Gasteiger partial charge in [-0.05, 0) is 60.7 Å². The van der Waals surface area contributed by atoms with Crippen molar-refractivity contribution in [3.63, 3.8) is 0 Å². The summed E-state index contributed by atoms with van der Waals surface area (Å²) in [6.45, 7) is 5.90. The molecule has 3 rings (SSSR count). The molecule has 0 bridgehead atoms. The number of nitrogens with one attached hydrogen (secondary N) is 2. The van der Waals surface area contributed by atoms with Gasteiger partial charge in [0.2, 0.25) is 10.0 Å². The van der Waals surface area contributed by atoms with E-state index in [-0.39, 0.29) is 17.3 Å². The van der Waals surface area contributed by atoms with Crippen molar-refractivity contribution in [2.45, 2.75) is 37.8 Å². The zero-order valence-corrected chi connectivity index (χ0v) is 18.6. The highest BCUT2D eigenvalue weighted by atomic mass is 32.2. The molecule has 0 radical (unpaired) electrons. The first kappa shape index (κ1) is 23.0. The molecule has 1 unspecified atom stereocenters. The van der Waals surface area contributed by atoms with Crippen LogP contribution in [0.5, 0.6) is 0 Å². The molecule has 1 amide bonds. The maximum Gasteiger partial charge on any atom is 0.251 e. The molecular weight excluding hydrogens is 410 g/mol. The monoisotopic (exact) mass is 439 g/mol. The van der Waals surface area contributed by atoms with Gasteiger partial charge in [-0.3, -0.25) is 9.69 Å². The maximum absolute atomic E-state index is 12.4. The molecule has 1 heterocycles. The fourth-order valence-corrected chi connectivity index (χ4v) is 4.68. The summed E-state index contributed by atoms with van der Waals surface area (Å²) in [5, 5.41) is 2.87. The van der Waals surface area contributed by atoms with Gasteiger partial charge in [-0.25, -0.2) is 8.42 Å². The van der Waals surface area contributed by atoms with E-state index in [1.807, 2.05) is 12.1 Å². The lowest BCUT2D eigenvalue weighted by Crippen LogP contribution is -2.33. The molecule has 1 fully saturated rings. The van der Waals surface area contributed by atoms with Crippen LogP contribution in [0.2, 0.25) is 0 Å². The van der Waals surface area contributed by atoms with E-state index in [9.17, 15) is 13.2 Å². The molecule has 0 aliphatic carbocycles. The van der Waals surface area contributed by atoms with Gasteiger partial charge in [-0.15, -0.1) is 6.42 Å². The van der Waals surface area contributed by atoms with Crippen molar-refractivity contribution in [1.82, 2.24) is 14.9 Å². The average Bonchev–Trinajstić information content (AvgIpc) is 2.77. The van der Waals surface area contributed by atoms with Crippen LogP contribution >= 0.6 is 0 Å². The zero-order valence-electron chi connectivity index (χ0n) is 17.8. The van der Waals surface area contributed by atoms with Gasteiger partial charge in [0.05, 0.1) is 11.4 Å². The SMILES string of the molecule is C#CCNS(=O)(=O)c1ccc(C(=O)NCc2ccc(CN3CCCC(C)C3)cc2)cc1. The number of hydrogen-bond donors (Lipinski definition) is 2. The van der Waals surface area contributed by atoms with Crippen LogP contribution in [-0.4, -0.2) is 38.9 Å². The van der Waals surface area contributed by atoms with Crippen LogP contribution in [0.25, 0.3) is 0 Å². The fourth-order valence-electron chi connectivity index (χ4n) is 3.74. The third-order valence-electron chi connectivity index (χ3n) is 5.41. The van der Waals surface area contributed by atoms with Gasteiger partial charge in [-0.2, -0.15) is 4.72 Å². The van der Waals surface area contributed by atoms with Crippen molar-refractivity contribution in [1.29, 1.82) is 0 Å². The zero-order chi connectivity index (χ0) is 22.3. The van der Waals surface area contributed by atoms with E-state index in [2.05, 4.69) is 39.9 Å². The van der Waals surface area contributed by atoms with E-state index >= 15 is 0 Å². The predicted octanol–water partition coefficient (Wildman–Crippen LogP) is 2.76. The van der Waals surface area contributed by atoms with Crippen molar-refractivity contribution in [2.75, 3.05) is 19.6 Å². The van der Waals surface area contributed by atoms with E-state index in [0.717, 1.165) is 31.1 Å². The van der Waals surface area contributed by atoms with Gasteiger partial charge in [0.25, 0.3) is 5.91 Å². The highest BCUT2D eigenvalue weighted by Gasteiger charge is 2.16. The van der Waals surface area contributed by atoms with Crippen molar-refractivity contribution in [2.24, 2.45) is 5.92 Å². The third kappa shape index (κ3) is 6.66. The lowest BCUT2D eigenvalue weighted by Gasteiger charge is -2.30. The first-order valence-corrected chi connectivity index (χ1v) is 12.0. The third-order valence-corrected chi connectivity index (χ3v) is 6.83. The number of piperidine rings is 1. The van der Waals surface area contributed by atoms with Crippen LogP contribution < -0.4 is 10.0 Å². The standard InChI is InChI=1S/C24H29N3O3S/c1-3-14-26-31(29,30)23-12-10-22(11-13-23)24(28)25-16-20-6-8-21(9-7-20)18-27-15-4-5-19(2)17-27/h1,6-13,19,26H,4-5,14-18H2,2H3,(H,25,28). The molecule has 2 N–H and O–H groups in total. The lowest BCUT2D eigenvalue weighted by molar-refractivity contribution is 0.0951. The molecule has 1 aliphatic rings. The van der Waals surface area contributed by atoms with Crippen molar-refractivity contribution >= 4 is 15.9 Å². The van der Waals surface area contributed by atoms with E-state index in [0.29, 0.717) is 12.1 Å². The van der Waals surface area contributed by atoms with Gasteiger partial charge >= 0.3 is 0 Å². The Kier molecular flexibility index (Phi) is 7.85. The topological polar surface area (TPSA) is 78.5 Å². The Balaban J connectivity index is 1.51. The number of nitrogens with zero attached hydrogens (tertiary/aromatic N) is 1. The summed E-state index contributed by atoms with van der Waals surface area (Å²) >= 11 is 0. The van der Waals surface area contributed by atoms with Crippen molar-refractivity contribution in [3.8, 4) is 12.3 Å². The molecular formula is C24H29N3O3S. The minimum atomic E-state index is -3.67. The number of terminal acetylenes is 1. The second-order valence-electron chi connectivity index (χ2n) is 8.03. The van der Waals surface area contributed by atoms with Crippen molar-refractivity contribution < 1.29 is 13.2 Å².